The minimum absolute atomic E-state index is 0.0235. The van der Waals surface area contributed by atoms with Crippen molar-refractivity contribution >= 4 is 11.9 Å². The summed E-state index contributed by atoms with van der Waals surface area (Å²) in [5.74, 6) is -5.33. The SMILES string of the molecule is CC[C@@H](O)[C@@H](O)C1O[C@@](OCC2O[C@@H](OCCCN=[N+]=[N-])C(O)[C@@H](O)[C@H]2O)(C(=O)[O-])C[C@@H](O)[C@H]1NC(C)=O. The number of carbonyl (C=O) groups excluding carboxylic acids is 2. The van der Waals surface area contributed by atoms with Gasteiger partial charge in [0.1, 0.15) is 42.6 Å². The summed E-state index contributed by atoms with van der Waals surface area (Å²) in [6.45, 7) is 1.90. The van der Waals surface area contributed by atoms with E-state index in [1.807, 2.05) is 0 Å². The van der Waals surface area contributed by atoms with Gasteiger partial charge in [-0.1, -0.05) is 12.0 Å². The molecule has 0 aromatic heterocycles. The zero-order valence-electron chi connectivity index (χ0n) is 20.9. The van der Waals surface area contributed by atoms with E-state index >= 15 is 0 Å². The average Bonchev–Trinajstić information content (AvgIpc) is 2.87. The van der Waals surface area contributed by atoms with Crippen LogP contribution in [0.5, 0.6) is 0 Å². The van der Waals surface area contributed by atoms with Gasteiger partial charge in [0.05, 0.1) is 24.9 Å². The maximum Gasteiger partial charge on any atom is 0.217 e. The summed E-state index contributed by atoms with van der Waals surface area (Å²) in [7, 11) is 0. The largest absolute Gasteiger partial charge is 0.544 e. The molecule has 2 saturated heterocycles. The molecule has 0 aliphatic carbocycles. The van der Waals surface area contributed by atoms with E-state index in [-0.39, 0.29) is 26.0 Å². The van der Waals surface area contributed by atoms with Crippen LogP contribution in [0.4, 0.5) is 0 Å². The molecule has 2 fully saturated rings. The number of carbonyl (C=O) groups is 2. The molecule has 38 heavy (non-hydrogen) atoms. The second-order valence-corrected chi connectivity index (χ2v) is 9.09. The van der Waals surface area contributed by atoms with Crippen LogP contribution >= 0.6 is 0 Å². The third-order valence-electron chi connectivity index (χ3n) is 6.30. The number of aliphatic hydroxyl groups excluding tert-OH is 6. The zero-order valence-corrected chi connectivity index (χ0v) is 20.9. The van der Waals surface area contributed by atoms with Gasteiger partial charge in [0, 0.05) is 31.4 Å². The summed E-state index contributed by atoms with van der Waals surface area (Å²) in [5.41, 5.74) is 8.30. The average molecular weight is 552 g/mol. The zero-order chi connectivity index (χ0) is 28.6. The molecule has 0 bridgehead atoms. The monoisotopic (exact) mass is 551 g/mol. The van der Waals surface area contributed by atoms with Gasteiger partial charge in [-0.15, -0.1) is 0 Å². The van der Waals surface area contributed by atoms with Crippen molar-refractivity contribution in [2.45, 2.75) is 100 Å². The molecule has 2 aliphatic rings. The predicted octanol–water partition coefficient (Wildman–Crippen LogP) is -4.24. The number of carboxylic acid groups (broad SMARTS) is 1. The van der Waals surface area contributed by atoms with Crippen molar-refractivity contribution in [1.82, 2.24) is 5.32 Å². The van der Waals surface area contributed by atoms with Crippen LogP contribution in [0, 0.1) is 0 Å². The number of carboxylic acids is 1. The molecule has 0 spiro atoms. The van der Waals surface area contributed by atoms with E-state index in [4.69, 9.17) is 24.5 Å². The Hall–Kier alpha value is -2.15. The highest BCUT2D eigenvalue weighted by Gasteiger charge is 2.53. The van der Waals surface area contributed by atoms with E-state index in [2.05, 4.69) is 15.3 Å². The van der Waals surface area contributed by atoms with Crippen LogP contribution in [-0.2, 0) is 28.5 Å². The molecule has 7 N–H and O–H groups in total. The molecule has 0 aromatic carbocycles. The molecule has 2 rings (SSSR count). The van der Waals surface area contributed by atoms with Gasteiger partial charge in [-0.2, -0.15) is 0 Å². The Balaban J connectivity index is 2.21. The second kappa shape index (κ2) is 14.3. The Bertz CT molecular complexity index is 846. The number of aliphatic carboxylic acids is 1. The van der Waals surface area contributed by atoms with Crippen molar-refractivity contribution in [2.24, 2.45) is 5.11 Å². The van der Waals surface area contributed by atoms with Gasteiger partial charge in [0.15, 0.2) is 6.29 Å². The number of hydrogen-bond donors (Lipinski definition) is 7. The van der Waals surface area contributed by atoms with Crippen LogP contribution < -0.4 is 10.4 Å². The van der Waals surface area contributed by atoms with Gasteiger partial charge in [0.25, 0.3) is 0 Å². The Morgan fingerprint density at radius 3 is 2.50 bits per heavy atom. The van der Waals surface area contributed by atoms with Gasteiger partial charge in [-0.05, 0) is 18.4 Å². The molecule has 218 valence electrons. The lowest BCUT2D eigenvalue weighted by atomic mass is 9.88. The molecular weight excluding hydrogens is 516 g/mol. The summed E-state index contributed by atoms with van der Waals surface area (Å²) in [6.07, 6.45) is -15.2. The van der Waals surface area contributed by atoms with Gasteiger partial charge in [-0.3, -0.25) is 4.79 Å². The van der Waals surface area contributed by atoms with E-state index in [9.17, 15) is 45.3 Å². The molecular formula is C21H35N4O13-. The maximum absolute atomic E-state index is 12.2. The molecule has 0 aromatic rings. The van der Waals surface area contributed by atoms with E-state index < -0.39 is 91.9 Å². The first kappa shape index (κ1) is 32.1. The van der Waals surface area contributed by atoms with Crippen molar-refractivity contribution < 1.29 is 64.3 Å². The Morgan fingerprint density at radius 1 is 1.24 bits per heavy atom. The highest BCUT2D eigenvalue weighted by atomic mass is 16.7. The molecule has 17 nitrogen and oxygen atoms in total. The van der Waals surface area contributed by atoms with E-state index in [1.165, 1.54) is 6.92 Å². The molecule has 0 saturated carbocycles. The number of rotatable bonds is 13. The minimum atomic E-state index is -2.73. The molecule has 17 heteroatoms. The summed E-state index contributed by atoms with van der Waals surface area (Å²) in [6, 6.07) is -1.32. The highest BCUT2D eigenvalue weighted by Crippen LogP contribution is 2.34. The third-order valence-corrected chi connectivity index (χ3v) is 6.30. The van der Waals surface area contributed by atoms with Crippen LogP contribution in [-0.4, -0.2) is 129 Å². The minimum Gasteiger partial charge on any atom is -0.544 e. The van der Waals surface area contributed by atoms with Crippen molar-refractivity contribution in [1.29, 1.82) is 0 Å². The van der Waals surface area contributed by atoms with Crippen molar-refractivity contribution in [3.8, 4) is 0 Å². The number of aliphatic hydroxyl groups is 6. The molecule has 3 unspecified atom stereocenters. The van der Waals surface area contributed by atoms with Gasteiger partial charge < -0.3 is 64.8 Å². The van der Waals surface area contributed by atoms with Crippen molar-refractivity contribution in [3.63, 3.8) is 0 Å². The Kier molecular flexibility index (Phi) is 12.1. The number of nitrogens with zero attached hydrogens (tertiary/aromatic N) is 3. The molecule has 0 radical (unpaired) electrons. The van der Waals surface area contributed by atoms with Crippen LogP contribution in [0.25, 0.3) is 10.4 Å². The normalized spacial score (nSPS) is 37.1. The summed E-state index contributed by atoms with van der Waals surface area (Å²) >= 11 is 0. The van der Waals surface area contributed by atoms with E-state index in [0.29, 0.717) is 0 Å². The maximum atomic E-state index is 12.2. The number of hydrogen-bond acceptors (Lipinski definition) is 14. The van der Waals surface area contributed by atoms with Crippen LogP contribution in [0.2, 0.25) is 0 Å². The first-order valence-corrected chi connectivity index (χ1v) is 12.0. The van der Waals surface area contributed by atoms with Crippen LogP contribution in [0.3, 0.4) is 0 Å². The summed E-state index contributed by atoms with van der Waals surface area (Å²) in [4.78, 5) is 26.4. The number of ether oxygens (including phenoxy) is 4. The Morgan fingerprint density at radius 2 is 1.92 bits per heavy atom. The first-order valence-electron chi connectivity index (χ1n) is 12.0. The second-order valence-electron chi connectivity index (χ2n) is 9.09. The van der Waals surface area contributed by atoms with E-state index in [1.54, 1.807) is 0 Å². The lowest BCUT2D eigenvalue weighted by molar-refractivity contribution is -0.388. The van der Waals surface area contributed by atoms with Gasteiger partial charge in [0.2, 0.25) is 11.7 Å². The van der Waals surface area contributed by atoms with Crippen LogP contribution in [0.15, 0.2) is 5.11 Å². The van der Waals surface area contributed by atoms with Gasteiger partial charge >= 0.3 is 0 Å². The number of amides is 1. The smallest absolute Gasteiger partial charge is 0.217 e. The third kappa shape index (κ3) is 7.71. The quantitative estimate of drug-likeness (QED) is 0.0495. The topological polar surface area (TPSA) is 276 Å². The predicted molar refractivity (Wildman–Crippen MR) is 120 cm³/mol. The van der Waals surface area contributed by atoms with Crippen LogP contribution in [0.1, 0.15) is 33.1 Å². The van der Waals surface area contributed by atoms with Crippen molar-refractivity contribution in [3.05, 3.63) is 10.4 Å². The van der Waals surface area contributed by atoms with Crippen molar-refractivity contribution in [2.75, 3.05) is 19.8 Å². The lowest BCUT2D eigenvalue weighted by Gasteiger charge is -2.49. The molecule has 11 atom stereocenters. The fourth-order valence-electron chi connectivity index (χ4n) is 4.19. The van der Waals surface area contributed by atoms with Gasteiger partial charge in [-0.25, -0.2) is 0 Å². The molecule has 2 heterocycles. The Labute approximate surface area is 217 Å². The number of azide groups is 1. The number of nitrogens with one attached hydrogen (secondary N) is 1. The fraction of sp³-hybridized carbons (Fsp3) is 0.905. The molecule has 1 amide bonds. The fourth-order valence-corrected chi connectivity index (χ4v) is 4.19. The molecule has 2 aliphatic heterocycles. The van der Waals surface area contributed by atoms with E-state index in [0.717, 1.165) is 6.92 Å². The summed E-state index contributed by atoms with van der Waals surface area (Å²) in [5, 5.41) is 80.0. The summed E-state index contributed by atoms with van der Waals surface area (Å²) < 4.78 is 21.7. The first-order chi connectivity index (χ1) is 17.9. The lowest BCUT2D eigenvalue weighted by Crippen LogP contribution is -2.70. The highest BCUT2D eigenvalue weighted by molar-refractivity contribution is 5.75. The standard InChI is InChI=1S/C21H36N4O13/c1-3-10(27)14(29)18-13(24-9(2)26)11(28)7-21(38-18,20(33)34)36-8-12-15(30)16(31)17(32)19(37-12)35-6-4-5-23-25-22/h10-19,27-32H,3-8H2,1-2H3,(H,24,26)(H,33,34)/p-1/t10-,11-,12?,13-,14-,15+,16+,17?,18?,19-,21-/m1/s1.